The molecule has 1 saturated carbocycles. The maximum atomic E-state index is 12.3. The Balaban J connectivity index is 1.41. The monoisotopic (exact) mass is 375 g/mol. The van der Waals surface area contributed by atoms with Gasteiger partial charge in [-0.1, -0.05) is 31.4 Å². The standard InChI is InChI=1S/C20H29N3O2S/c24-19(23-10-12-26-13-11-23)14-16-6-8-18(9-7-16)22-20(25)21-15-17-4-2-1-3-5-17/h6-9,17H,1-5,10-15H2,(H2,21,22,25). The van der Waals surface area contributed by atoms with E-state index in [4.69, 9.17) is 0 Å². The highest BCUT2D eigenvalue weighted by molar-refractivity contribution is 7.99. The van der Waals surface area contributed by atoms with Gasteiger partial charge in [-0.25, -0.2) is 4.79 Å². The van der Waals surface area contributed by atoms with E-state index >= 15 is 0 Å². The number of amides is 3. The number of hydrogen-bond acceptors (Lipinski definition) is 3. The van der Waals surface area contributed by atoms with Gasteiger partial charge >= 0.3 is 6.03 Å². The van der Waals surface area contributed by atoms with Gasteiger partial charge in [-0.15, -0.1) is 0 Å². The van der Waals surface area contributed by atoms with Crippen molar-refractivity contribution >= 4 is 29.4 Å². The average Bonchev–Trinajstić information content (AvgIpc) is 2.69. The Morgan fingerprint density at radius 2 is 1.73 bits per heavy atom. The first kappa shape index (κ1) is 19.1. The second kappa shape index (κ2) is 9.86. The number of hydrogen-bond donors (Lipinski definition) is 2. The van der Waals surface area contributed by atoms with Gasteiger partial charge in [-0.2, -0.15) is 11.8 Å². The molecule has 0 radical (unpaired) electrons. The molecule has 142 valence electrons. The normalized spacial score (nSPS) is 18.4. The maximum Gasteiger partial charge on any atom is 0.319 e. The van der Waals surface area contributed by atoms with Gasteiger partial charge in [0.15, 0.2) is 0 Å². The van der Waals surface area contributed by atoms with Crippen molar-refractivity contribution in [1.82, 2.24) is 10.2 Å². The molecule has 5 nitrogen and oxygen atoms in total. The van der Waals surface area contributed by atoms with Gasteiger partial charge in [0, 0.05) is 36.8 Å². The Bertz CT molecular complexity index is 594. The van der Waals surface area contributed by atoms with Crippen LogP contribution in [0.3, 0.4) is 0 Å². The van der Waals surface area contributed by atoms with Gasteiger partial charge in [0.1, 0.15) is 0 Å². The average molecular weight is 376 g/mol. The second-order valence-corrected chi connectivity index (χ2v) is 8.43. The minimum Gasteiger partial charge on any atom is -0.341 e. The van der Waals surface area contributed by atoms with Crippen LogP contribution in [0.2, 0.25) is 0 Å². The topological polar surface area (TPSA) is 61.4 Å². The molecule has 0 spiro atoms. The number of nitrogens with one attached hydrogen (secondary N) is 2. The molecule has 2 aliphatic rings. The van der Waals surface area contributed by atoms with Gasteiger partial charge in [0.2, 0.25) is 5.91 Å². The molecule has 1 heterocycles. The van der Waals surface area contributed by atoms with Crippen LogP contribution in [0.15, 0.2) is 24.3 Å². The van der Waals surface area contributed by atoms with Gasteiger partial charge in [-0.05, 0) is 36.5 Å². The summed E-state index contributed by atoms with van der Waals surface area (Å²) < 4.78 is 0. The Morgan fingerprint density at radius 3 is 2.42 bits per heavy atom. The zero-order valence-electron chi connectivity index (χ0n) is 15.3. The van der Waals surface area contributed by atoms with Crippen LogP contribution in [0.5, 0.6) is 0 Å². The summed E-state index contributed by atoms with van der Waals surface area (Å²) in [6, 6.07) is 7.44. The fraction of sp³-hybridized carbons (Fsp3) is 0.600. The van der Waals surface area contributed by atoms with Crippen LogP contribution in [0, 0.1) is 5.92 Å². The Morgan fingerprint density at radius 1 is 1.04 bits per heavy atom. The molecule has 3 rings (SSSR count). The van der Waals surface area contributed by atoms with E-state index < -0.39 is 0 Å². The molecule has 0 atom stereocenters. The molecule has 1 saturated heterocycles. The van der Waals surface area contributed by atoms with Crippen LogP contribution < -0.4 is 10.6 Å². The van der Waals surface area contributed by atoms with Crippen LogP contribution in [0.4, 0.5) is 10.5 Å². The first-order chi connectivity index (χ1) is 12.7. The molecule has 1 aliphatic heterocycles. The lowest BCUT2D eigenvalue weighted by molar-refractivity contribution is -0.130. The highest BCUT2D eigenvalue weighted by Crippen LogP contribution is 2.22. The summed E-state index contributed by atoms with van der Waals surface area (Å²) in [5.41, 5.74) is 1.75. The molecule has 0 aromatic heterocycles. The van der Waals surface area contributed by atoms with Crippen molar-refractivity contribution in [3.05, 3.63) is 29.8 Å². The lowest BCUT2D eigenvalue weighted by atomic mass is 9.89. The smallest absolute Gasteiger partial charge is 0.319 e. The largest absolute Gasteiger partial charge is 0.341 e. The van der Waals surface area contributed by atoms with E-state index in [9.17, 15) is 9.59 Å². The van der Waals surface area contributed by atoms with E-state index in [0.717, 1.165) is 42.4 Å². The number of carbonyl (C=O) groups is 2. The first-order valence-corrected chi connectivity index (χ1v) is 10.9. The fourth-order valence-electron chi connectivity index (χ4n) is 3.61. The predicted octanol–water partition coefficient (Wildman–Crippen LogP) is 3.51. The predicted molar refractivity (Wildman–Crippen MR) is 108 cm³/mol. The molecule has 26 heavy (non-hydrogen) atoms. The third kappa shape index (κ3) is 5.94. The molecular weight excluding hydrogens is 346 g/mol. The van der Waals surface area contributed by atoms with Gasteiger partial charge in [-0.3, -0.25) is 4.79 Å². The summed E-state index contributed by atoms with van der Waals surface area (Å²) >= 11 is 1.90. The number of urea groups is 1. The quantitative estimate of drug-likeness (QED) is 0.828. The molecule has 1 aliphatic carbocycles. The SMILES string of the molecule is O=C(NCC1CCCCC1)Nc1ccc(CC(=O)N2CCSCC2)cc1. The summed E-state index contributed by atoms with van der Waals surface area (Å²) in [6.45, 7) is 2.46. The minimum atomic E-state index is -0.148. The maximum absolute atomic E-state index is 12.3. The highest BCUT2D eigenvalue weighted by atomic mass is 32.2. The summed E-state index contributed by atoms with van der Waals surface area (Å²) in [7, 11) is 0. The van der Waals surface area contributed by atoms with Crippen molar-refractivity contribution in [2.45, 2.75) is 38.5 Å². The Hall–Kier alpha value is -1.69. The van der Waals surface area contributed by atoms with E-state index in [1.807, 2.05) is 40.9 Å². The number of thioether (sulfide) groups is 1. The minimum absolute atomic E-state index is 0.148. The van der Waals surface area contributed by atoms with Crippen LogP contribution >= 0.6 is 11.8 Å². The molecule has 2 fully saturated rings. The Labute approximate surface area is 160 Å². The van der Waals surface area contributed by atoms with E-state index in [0.29, 0.717) is 12.3 Å². The number of benzene rings is 1. The molecule has 1 aromatic carbocycles. The van der Waals surface area contributed by atoms with Gasteiger partial charge < -0.3 is 15.5 Å². The van der Waals surface area contributed by atoms with Crippen LogP contribution in [0.1, 0.15) is 37.7 Å². The third-order valence-electron chi connectivity index (χ3n) is 5.21. The number of nitrogens with zero attached hydrogens (tertiary/aromatic N) is 1. The van der Waals surface area contributed by atoms with E-state index in [2.05, 4.69) is 10.6 Å². The number of anilines is 1. The summed E-state index contributed by atoms with van der Waals surface area (Å²) in [5.74, 6) is 2.88. The van der Waals surface area contributed by atoms with E-state index in [-0.39, 0.29) is 11.9 Å². The zero-order valence-corrected chi connectivity index (χ0v) is 16.2. The van der Waals surface area contributed by atoms with E-state index in [1.54, 1.807) is 0 Å². The summed E-state index contributed by atoms with van der Waals surface area (Å²) in [5, 5.41) is 5.86. The third-order valence-corrected chi connectivity index (χ3v) is 6.15. The first-order valence-electron chi connectivity index (χ1n) is 9.70. The molecule has 3 amide bonds. The molecular formula is C20H29N3O2S. The lowest BCUT2D eigenvalue weighted by Gasteiger charge is -2.26. The van der Waals surface area contributed by atoms with Crippen molar-refractivity contribution in [3.8, 4) is 0 Å². The lowest BCUT2D eigenvalue weighted by Crippen LogP contribution is -2.38. The molecule has 0 bridgehead atoms. The van der Waals surface area contributed by atoms with Gasteiger partial charge in [0.05, 0.1) is 6.42 Å². The van der Waals surface area contributed by atoms with Crippen molar-refractivity contribution in [3.63, 3.8) is 0 Å². The molecule has 1 aromatic rings. The summed E-state index contributed by atoms with van der Waals surface area (Å²) in [4.78, 5) is 26.3. The van der Waals surface area contributed by atoms with Crippen LogP contribution in [-0.2, 0) is 11.2 Å². The zero-order chi connectivity index (χ0) is 18.2. The Kier molecular flexibility index (Phi) is 7.23. The van der Waals surface area contributed by atoms with Crippen molar-refractivity contribution < 1.29 is 9.59 Å². The van der Waals surface area contributed by atoms with Crippen molar-refractivity contribution in [1.29, 1.82) is 0 Å². The second-order valence-electron chi connectivity index (χ2n) is 7.21. The van der Waals surface area contributed by atoms with Crippen molar-refractivity contribution in [2.24, 2.45) is 5.92 Å². The van der Waals surface area contributed by atoms with Crippen LogP contribution in [0.25, 0.3) is 0 Å². The molecule has 0 unspecified atom stereocenters. The number of rotatable bonds is 5. The van der Waals surface area contributed by atoms with E-state index in [1.165, 1.54) is 32.1 Å². The van der Waals surface area contributed by atoms with Crippen LogP contribution in [-0.4, -0.2) is 48.0 Å². The van der Waals surface area contributed by atoms with Crippen molar-refractivity contribution in [2.75, 3.05) is 36.5 Å². The number of carbonyl (C=O) groups excluding carboxylic acids is 2. The fourth-order valence-corrected chi connectivity index (χ4v) is 4.51. The van der Waals surface area contributed by atoms with Gasteiger partial charge in [0.25, 0.3) is 0 Å². The summed E-state index contributed by atoms with van der Waals surface area (Å²) in [6.07, 6.45) is 6.76. The highest BCUT2D eigenvalue weighted by Gasteiger charge is 2.17. The molecule has 6 heteroatoms. The molecule has 2 N–H and O–H groups in total.